The van der Waals surface area contributed by atoms with Crippen molar-refractivity contribution >= 4 is 5.91 Å². The highest BCUT2D eigenvalue weighted by Gasteiger charge is 2.23. The van der Waals surface area contributed by atoms with Gasteiger partial charge in [-0.05, 0) is 0 Å². The second-order valence-corrected chi connectivity index (χ2v) is 1.44. The number of amides is 1. The van der Waals surface area contributed by atoms with Gasteiger partial charge in [-0.25, -0.2) is 0 Å². The van der Waals surface area contributed by atoms with Gasteiger partial charge in [0.2, 0.25) is 5.39 Å². The highest BCUT2D eigenvalue weighted by molar-refractivity contribution is 5.81. The van der Waals surface area contributed by atoms with E-state index in [1.165, 1.54) is 0 Å². The van der Waals surface area contributed by atoms with Crippen LogP contribution in [0, 0.1) is 5.39 Å². The molecule has 0 heterocycles. The molecule has 1 atom stereocenters. The smallest absolute Gasteiger partial charge is 0.363 e. The van der Waals surface area contributed by atoms with E-state index >= 15 is 0 Å². The van der Waals surface area contributed by atoms with Gasteiger partial charge < -0.3 is 5.73 Å². The van der Waals surface area contributed by atoms with E-state index in [4.69, 9.17) is 11.1 Å². The van der Waals surface area contributed by atoms with Gasteiger partial charge in [0.05, 0.1) is 0 Å². The number of nitrogens with two attached hydrogens (primary N) is 1. The number of hydrogen-bond donors (Lipinski definition) is 1. The Kier molecular flexibility index (Phi) is 2.56. The van der Waals surface area contributed by atoms with Crippen LogP contribution in [-0.2, 0) is 4.79 Å². The summed E-state index contributed by atoms with van der Waals surface area (Å²) >= 11 is 0. The van der Waals surface area contributed by atoms with Gasteiger partial charge in [-0.2, -0.15) is 0 Å². The average molecular weight is 114 g/mol. The molecule has 4 nitrogen and oxygen atoms in total. The van der Waals surface area contributed by atoms with E-state index in [0.717, 1.165) is 0 Å². The van der Waals surface area contributed by atoms with E-state index in [0.29, 0.717) is 6.42 Å². The maximum atomic E-state index is 10.1. The molecule has 0 saturated carbocycles. The molecule has 0 fully saturated rings. The van der Waals surface area contributed by atoms with Crippen LogP contribution in [0.4, 0.5) is 0 Å². The number of primary amides is 1. The molecular weight excluding hydrogens is 106 g/mol. The van der Waals surface area contributed by atoms with Gasteiger partial charge in [-0.1, -0.05) is 6.92 Å². The Morgan fingerprint density at radius 1 is 2.00 bits per heavy atom. The SMILES string of the molecule is CC[C@@H]([N+]#N)C(N)=O. The van der Waals surface area contributed by atoms with Crippen molar-refractivity contribution in [1.29, 1.82) is 5.39 Å². The molecule has 2 N–H and O–H groups in total. The zero-order chi connectivity index (χ0) is 6.57. The summed E-state index contributed by atoms with van der Waals surface area (Å²) in [6.45, 7) is 1.72. The largest absolute Gasteiger partial charge is 0.389 e. The quantitative estimate of drug-likeness (QED) is 0.517. The molecule has 0 aliphatic rings. The van der Waals surface area contributed by atoms with Crippen molar-refractivity contribution in [1.82, 2.24) is 0 Å². The Morgan fingerprint density at radius 2 is 2.50 bits per heavy atom. The predicted molar refractivity (Wildman–Crippen MR) is 28.4 cm³/mol. The highest BCUT2D eigenvalue weighted by Crippen LogP contribution is 1.92. The van der Waals surface area contributed by atoms with Crippen LogP contribution < -0.4 is 5.73 Å². The Morgan fingerprint density at radius 3 is 2.50 bits per heavy atom. The van der Waals surface area contributed by atoms with Crippen LogP contribution in [0.25, 0.3) is 4.98 Å². The van der Waals surface area contributed by atoms with Crippen LogP contribution in [0.3, 0.4) is 0 Å². The summed E-state index contributed by atoms with van der Waals surface area (Å²) in [7, 11) is 0. The standard InChI is InChI=1S/C4H7N3O/c1-2-3(7-6)4(5)8/h3H,2H2,1H3,(H-,5,8)/p+1/t3-/m1/s1. The van der Waals surface area contributed by atoms with E-state index in [2.05, 4.69) is 4.98 Å². The Labute approximate surface area is 47.3 Å². The predicted octanol–water partition coefficient (Wildman–Crippen LogP) is 0.103. The zero-order valence-electron chi connectivity index (χ0n) is 4.66. The van der Waals surface area contributed by atoms with Crippen molar-refractivity contribution in [3.05, 3.63) is 4.98 Å². The lowest BCUT2D eigenvalue weighted by molar-refractivity contribution is -0.118. The first-order chi connectivity index (χ1) is 3.72. The van der Waals surface area contributed by atoms with Crippen LogP contribution >= 0.6 is 0 Å². The van der Waals surface area contributed by atoms with Gasteiger partial charge in [-0.15, -0.1) is 0 Å². The molecule has 0 aliphatic heterocycles. The second kappa shape index (κ2) is 2.97. The third-order valence-corrected chi connectivity index (χ3v) is 0.855. The molecule has 0 saturated heterocycles. The molecule has 44 valence electrons. The highest BCUT2D eigenvalue weighted by atomic mass is 16.1. The summed E-state index contributed by atoms with van der Waals surface area (Å²) in [5, 5.41) is 8.02. The molecule has 4 heteroatoms. The summed E-state index contributed by atoms with van der Waals surface area (Å²) in [6.07, 6.45) is 0.450. The Hall–Kier alpha value is -1.11. The van der Waals surface area contributed by atoms with E-state index in [-0.39, 0.29) is 0 Å². The molecule has 8 heavy (non-hydrogen) atoms. The Balaban J connectivity index is 3.76. The minimum Gasteiger partial charge on any atom is -0.363 e. The summed E-state index contributed by atoms with van der Waals surface area (Å²) in [5.41, 5.74) is 4.77. The van der Waals surface area contributed by atoms with Crippen molar-refractivity contribution in [3.8, 4) is 0 Å². The van der Waals surface area contributed by atoms with Gasteiger partial charge in [0.1, 0.15) is 4.98 Å². The molecule has 0 rings (SSSR count). The van der Waals surface area contributed by atoms with E-state index in [1.54, 1.807) is 6.92 Å². The van der Waals surface area contributed by atoms with Gasteiger partial charge >= 0.3 is 11.9 Å². The normalized spacial score (nSPS) is 12.0. The number of diazo groups is 1. The summed E-state index contributed by atoms with van der Waals surface area (Å²) in [5.74, 6) is -0.588. The molecule has 0 aliphatic carbocycles. The molecule has 0 radical (unpaired) electrons. The summed E-state index contributed by atoms with van der Waals surface area (Å²) in [6, 6.07) is -0.727. The van der Waals surface area contributed by atoms with Crippen molar-refractivity contribution in [2.75, 3.05) is 0 Å². The van der Waals surface area contributed by atoms with E-state index in [9.17, 15) is 4.79 Å². The fraction of sp³-hybridized carbons (Fsp3) is 0.750. The lowest BCUT2D eigenvalue weighted by Gasteiger charge is -1.82. The topological polar surface area (TPSA) is 71.2 Å². The van der Waals surface area contributed by atoms with Gasteiger partial charge in [0.25, 0.3) is 0 Å². The maximum absolute atomic E-state index is 10.1. The molecule has 1 amide bonds. The first-order valence-electron chi connectivity index (χ1n) is 2.36. The number of nitrogens with zero attached hydrogens (tertiary/aromatic N) is 2. The third kappa shape index (κ3) is 1.56. The van der Waals surface area contributed by atoms with Crippen molar-refractivity contribution < 1.29 is 4.79 Å². The molecule has 0 aromatic heterocycles. The summed E-state index contributed by atoms with van der Waals surface area (Å²) < 4.78 is 0. The van der Waals surface area contributed by atoms with Crippen molar-refractivity contribution in [3.63, 3.8) is 0 Å². The van der Waals surface area contributed by atoms with E-state index in [1.807, 2.05) is 0 Å². The minimum atomic E-state index is -0.727. The monoisotopic (exact) mass is 114 g/mol. The third-order valence-electron chi connectivity index (χ3n) is 0.855. The van der Waals surface area contributed by atoms with E-state index < -0.39 is 11.9 Å². The zero-order valence-corrected chi connectivity index (χ0v) is 4.66. The minimum absolute atomic E-state index is 0.450. The van der Waals surface area contributed by atoms with Gasteiger partial charge in [-0.3, -0.25) is 4.79 Å². The molecule has 0 spiro atoms. The number of hydrogen-bond acceptors (Lipinski definition) is 2. The molecule has 0 aromatic rings. The lowest BCUT2D eigenvalue weighted by Crippen LogP contribution is -2.24. The van der Waals surface area contributed by atoms with Crippen LogP contribution in [0.15, 0.2) is 0 Å². The van der Waals surface area contributed by atoms with Crippen molar-refractivity contribution in [2.45, 2.75) is 19.4 Å². The molecule has 0 bridgehead atoms. The molecule has 0 unspecified atom stereocenters. The Bertz CT molecular complexity index is 126. The van der Waals surface area contributed by atoms with Gasteiger partial charge in [0.15, 0.2) is 0 Å². The number of carbonyl (C=O) groups is 1. The fourth-order valence-electron chi connectivity index (χ4n) is 0.340. The fourth-order valence-corrected chi connectivity index (χ4v) is 0.340. The van der Waals surface area contributed by atoms with Crippen LogP contribution in [0.2, 0.25) is 0 Å². The number of rotatable bonds is 2. The van der Waals surface area contributed by atoms with Crippen LogP contribution in [0.1, 0.15) is 13.3 Å². The number of carbonyl (C=O) groups excluding carboxylic acids is 1. The maximum Gasteiger partial charge on any atom is 0.389 e. The first-order valence-corrected chi connectivity index (χ1v) is 2.36. The second-order valence-electron chi connectivity index (χ2n) is 1.44. The molecule has 0 aromatic carbocycles. The summed E-state index contributed by atoms with van der Waals surface area (Å²) in [4.78, 5) is 12.9. The molecular formula is C4H8N3O+. The first kappa shape index (κ1) is 6.89. The van der Waals surface area contributed by atoms with Crippen molar-refractivity contribution in [2.24, 2.45) is 5.73 Å². The lowest BCUT2D eigenvalue weighted by atomic mass is 10.2. The van der Waals surface area contributed by atoms with Crippen LogP contribution in [0.5, 0.6) is 0 Å². The average Bonchev–Trinajstić information content (AvgIpc) is 1.69. The van der Waals surface area contributed by atoms with Crippen LogP contribution in [-0.4, -0.2) is 11.9 Å². The van der Waals surface area contributed by atoms with Gasteiger partial charge in [0, 0.05) is 6.42 Å².